The zero-order valence-corrected chi connectivity index (χ0v) is 15.9. The first-order valence-electron chi connectivity index (χ1n) is 8.17. The van der Waals surface area contributed by atoms with Crippen LogP contribution in [0.15, 0.2) is 18.2 Å². The average molecular weight is 364 g/mol. The summed E-state index contributed by atoms with van der Waals surface area (Å²) in [5, 5.41) is 9.85. The average Bonchev–Trinajstić information content (AvgIpc) is 2.95. The topological polar surface area (TPSA) is 71.9 Å². The third-order valence-electron chi connectivity index (χ3n) is 3.49. The van der Waals surface area contributed by atoms with E-state index in [0.717, 1.165) is 18.5 Å². The zero-order valence-electron chi connectivity index (χ0n) is 15.0. The molecule has 2 aromatic rings. The van der Waals surface area contributed by atoms with Gasteiger partial charge in [0.25, 0.3) is 0 Å². The van der Waals surface area contributed by atoms with Gasteiger partial charge in [-0.1, -0.05) is 0 Å². The second-order valence-electron chi connectivity index (χ2n) is 5.84. The number of rotatable bonds is 9. The molecule has 0 aliphatic heterocycles. The van der Waals surface area contributed by atoms with E-state index in [1.54, 1.807) is 6.92 Å². The lowest BCUT2D eigenvalue weighted by Crippen LogP contribution is -2.15. The minimum atomic E-state index is -0.952. The molecule has 0 aliphatic rings. The maximum atomic E-state index is 11.2. The second-order valence-corrected chi connectivity index (χ2v) is 6.84. The Labute approximate surface area is 152 Å². The lowest BCUT2D eigenvalue weighted by atomic mass is 10.2. The monoisotopic (exact) mass is 364 g/mol. The van der Waals surface area contributed by atoms with Crippen molar-refractivity contribution in [3.05, 3.63) is 28.8 Å². The van der Waals surface area contributed by atoms with Gasteiger partial charge in [0, 0.05) is 12.1 Å². The van der Waals surface area contributed by atoms with Gasteiger partial charge in [0.05, 0.1) is 18.9 Å². The third kappa shape index (κ3) is 5.17. The van der Waals surface area contributed by atoms with Gasteiger partial charge in [-0.3, -0.25) is 0 Å². The number of hydrogen-bond donors (Lipinski definition) is 1. The van der Waals surface area contributed by atoms with Crippen LogP contribution in [0.2, 0.25) is 0 Å². The molecule has 1 aromatic carbocycles. The Bertz CT molecular complexity index is 728. The van der Waals surface area contributed by atoms with Crippen molar-refractivity contribution in [2.45, 2.75) is 20.3 Å². The summed E-state index contributed by atoms with van der Waals surface area (Å²) in [7, 11) is 4.06. The number of ether oxygens (including phenoxy) is 2. The Kier molecular flexibility index (Phi) is 6.78. The van der Waals surface area contributed by atoms with E-state index in [4.69, 9.17) is 9.47 Å². The number of thiazole rings is 1. The molecule has 0 saturated carbocycles. The molecule has 7 heteroatoms. The molecule has 6 nitrogen and oxygen atoms in total. The van der Waals surface area contributed by atoms with Crippen LogP contribution >= 0.6 is 11.3 Å². The molecule has 0 atom stereocenters. The van der Waals surface area contributed by atoms with Crippen LogP contribution in [0.5, 0.6) is 11.5 Å². The summed E-state index contributed by atoms with van der Waals surface area (Å²) in [6.45, 7) is 5.71. The van der Waals surface area contributed by atoms with Gasteiger partial charge < -0.3 is 19.5 Å². The van der Waals surface area contributed by atoms with E-state index in [2.05, 4.69) is 9.88 Å². The normalized spacial score (nSPS) is 10.9. The molecule has 0 radical (unpaired) electrons. The van der Waals surface area contributed by atoms with Crippen LogP contribution in [0.1, 0.15) is 28.7 Å². The molecular formula is C18H24N2O4S. The second kappa shape index (κ2) is 8.82. The Morgan fingerprint density at radius 2 is 2.04 bits per heavy atom. The van der Waals surface area contributed by atoms with Gasteiger partial charge in [-0.15, -0.1) is 11.3 Å². The fourth-order valence-electron chi connectivity index (χ4n) is 2.31. The Hall–Kier alpha value is -2.12. The fraction of sp³-hybridized carbons (Fsp3) is 0.444. The van der Waals surface area contributed by atoms with E-state index in [9.17, 15) is 9.90 Å². The first-order chi connectivity index (χ1) is 11.9. The molecule has 1 N–H and O–H groups in total. The Morgan fingerprint density at radius 1 is 1.28 bits per heavy atom. The summed E-state index contributed by atoms with van der Waals surface area (Å²) in [5.74, 6) is 0.387. The van der Waals surface area contributed by atoms with Crippen molar-refractivity contribution < 1.29 is 19.4 Å². The van der Waals surface area contributed by atoms with Gasteiger partial charge in [0.2, 0.25) is 0 Å². The number of nitrogens with zero attached hydrogens (tertiary/aromatic N) is 2. The summed E-state index contributed by atoms with van der Waals surface area (Å²) < 4.78 is 11.5. The minimum absolute atomic E-state index is 0.261. The summed E-state index contributed by atoms with van der Waals surface area (Å²) >= 11 is 1.17. The molecule has 0 fully saturated rings. The zero-order chi connectivity index (χ0) is 18.4. The molecule has 0 amide bonds. The molecule has 136 valence electrons. The lowest BCUT2D eigenvalue weighted by molar-refractivity contribution is 0.0701. The van der Waals surface area contributed by atoms with Crippen molar-refractivity contribution >= 4 is 17.3 Å². The van der Waals surface area contributed by atoms with Gasteiger partial charge in [0.1, 0.15) is 9.88 Å². The number of carboxylic acids is 1. The van der Waals surface area contributed by atoms with Crippen LogP contribution in [0, 0.1) is 6.92 Å². The van der Waals surface area contributed by atoms with E-state index < -0.39 is 5.97 Å². The van der Waals surface area contributed by atoms with E-state index >= 15 is 0 Å². The molecule has 0 spiro atoms. The lowest BCUT2D eigenvalue weighted by Gasteiger charge is -2.14. The summed E-state index contributed by atoms with van der Waals surface area (Å²) in [4.78, 5) is 17.9. The molecule has 25 heavy (non-hydrogen) atoms. The van der Waals surface area contributed by atoms with Crippen molar-refractivity contribution in [2.24, 2.45) is 0 Å². The molecular weight excluding hydrogens is 340 g/mol. The molecule has 1 aromatic heterocycles. The van der Waals surface area contributed by atoms with Crippen LogP contribution in [-0.2, 0) is 0 Å². The molecule has 1 heterocycles. The predicted octanol–water partition coefficient (Wildman–Crippen LogP) is 3.55. The SMILES string of the molecule is CCOc1cc(-c2nc(C)c(C(=O)O)s2)ccc1OCCCN(C)C. The number of aryl methyl sites for hydroxylation is 1. The first-order valence-corrected chi connectivity index (χ1v) is 8.99. The fourth-order valence-corrected chi connectivity index (χ4v) is 3.21. The van der Waals surface area contributed by atoms with Crippen LogP contribution < -0.4 is 9.47 Å². The van der Waals surface area contributed by atoms with Gasteiger partial charge in [-0.05, 0) is 52.6 Å². The number of aromatic nitrogens is 1. The Balaban J connectivity index is 2.19. The number of carbonyl (C=O) groups is 1. The van der Waals surface area contributed by atoms with Crippen molar-refractivity contribution in [3.63, 3.8) is 0 Å². The summed E-state index contributed by atoms with van der Waals surface area (Å²) in [6.07, 6.45) is 0.925. The van der Waals surface area contributed by atoms with Crippen LogP contribution in [0.3, 0.4) is 0 Å². The van der Waals surface area contributed by atoms with Crippen molar-refractivity contribution in [3.8, 4) is 22.1 Å². The first kappa shape index (κ1) is 19.2. The third-order valence-corrected chi connectivity index (χ3v) is 4.68. The highest BCUT2D eigenvalue weighted by atomic mass is 32.1. The maximum absolute atomic E-state index is 11.2. The van der Waals surface area contributed by atoms with Crippen molar-refractivity contribution in [1.29, 1.82) is 0 Å². The molecule has 2 rings (SSSR count). The minimum Gasteiger partial charge on any atom is -0.490 e. The quantitative estimate of drug-likeness (QED) is 0.686. The van der Waals surface area contributed by atoms with Gasteiger partial charge in [-0.2, -0.15) is 0 Å². The van der Waals surface area contributed by atoms with Crippen LogP contribution in [0.25, 0.3) is 10.6 Å². The van der Waals surface area contributed by atoms with Gasteiger partial charge in [-0.25, -0.2) is 9.78 Å². The summed E-state index contributed by atoms with van der Waals surface area (Å²) in [5.41, 5.74) is 1.35. The highest BCUT2D eigenvalue weighted by Crippen LogP contribution is 2.35. The molecule has 0 unspecified atom stereocenters. The highest BCUT2D eigenvalue weighted by molar-refractivity contribution is 7.17. The van der Waals surface area contributed by atoms with Crippen LogP contribution in [-0.4, -0.2) is 54.8 Å². The standard InChI is InChI=1S/C18H24N2O4S/c1-5-23-15-11-13(17-19-12(2)16(25-17)18(21)22)7-8-14(15)24-10-6-9-20(3)4/h7-8,11H,5-6,9-10H2,1-4H3,(H,21,22). The number of carboxylic acid groups (broad SMARTS) is 1. The molecule has 0 bridgehead atoms. The highest BCUT2D eigenvalue weighted by Gasteiger charge is 2.16. The van der Waals surface area contributed by atoms with E-state index in [-0.39, 0.29) is 4.88 Å². The number of benzene rings is 1. The number of hydrogen-bond acceptors (Lipinski definition) is 6. The smallest absolute Gasteiger partial charge is 0.347 e. The molecule has 0 saturated heterocycles. The van der Waals surface area contributed by atoms with Gasteiger partial charge in [0.15, 0.2) is 11.5 Å². The van der Waals surface area contributed by atoms with Gasteiger partial charge >= 0.3 is 5.97 Å². The van der Waals surface area contributed by atoms with Crippen molar-refractivity contribution in [2.75, 3.05) is 33.9 Å². The predicted molar refractivity (Wildman–Crippen MR) is 99.1 cm³/mol. The summed E-state index contributed by atoms with van der Waals surface area (Å²) in [6, 6.07) is 5.59. The molecule has 0 aliphatic carbocycles. The largest absolute Gasteiger partial charge is 0.490 e. The number of aromatic carboxylic acids is 1. The van der Waals surface area contributed by atoms with Crippen LogP contribution in [0.4, 0.5) is 0 Å². The maximum Gasteiger partial charge on any atom is 0.347 e. The Morgan fingerprint density at radius 3 is 2.64 bits per heavy atom. The van der Waals surface area contributed by atoms with E-state index in [1.165, 1.54) is 11.3 Å². The van der Waals surface area contributed by atoms with Crippen molar-refractivity contribution in [1.82, 2.24) is 9.88 Å². The van der Waals surface area contributed by atoms with E-state index in [0.29, 0.717) is 35.4 Å². The van der Waals surface area contributed by atoms with E-state index in [1.807, 2.05) is 39.2 Å².